The van der Waals surface area contributed by atoms with Gasteiger partial charge in [0.25, 0.3) is 0 Å². The van der Waals surface area contributed by atoms with Gasteiger partial charge in [0.2, 0.25) is 0 Å². The van der Waals surface area contributed by atoms with Crippen LogP contribution in [0.1, 0.15) is 5.69 Å². The molecule has 0 spiro atoms. The van der Waals surface area contributed by atoms with Gasteiger partial charge in [-0.2, -0.15) is 5.10 Å². The molecule has 2 aromatic heterocycles. The van der Waals surface area contributed by atoms with E-state index in [9.17, 15) is 0 Å². The van der Waals surface area contributed by atoms with Crippen LogP contribution < -0.4 is 10.2 Å². The zero-order valence-corrected chi connectivity index (χ0v) is 18.8. The van der Waals surface area contributed by atoms with Crippen LogP contribution in [0.5, 0.6) is 0 Å². The highest BCUT2D eigenvalue weighted by Gasteiger charge is 2.20. The highest BCUT2D eigenvalue weighted by atomic mass is 127. The number of benzene rings is 1. The monoisotopic (exact) mass is 503 g/mol. The molecule has 0 aliphatic carbocycles. The molecule has 0 amide bonds. The molecule has 1 saturated heterocycles. The van der Waals surface area contributed by atoms with Gasteiger partial charge >= 0.3 is 0 Å². The molecule has 8 heteroatoms. The van der Waals surface area contributed by atoms with Crippen LogP contribution in [0.4, 0.5) is 5.82 Å². The molecule has 1 aliphatic heterocycles. The van der Waals surface area contributed by atoms with Gasteiger partial charge in [0.05, 0.1) is 17.9 Å². The highest BCUT2D eigenvalue weighted by Crippen LogP contribution is 2.13. The quantitative estimate of drug-likeness (QED) is 0.337. The Morgan fingerprint density at radius 3 is 2.45 bits per heavy atom. The Kier molecular flexibility index (Phi) is 7.45. The third kappa shape index (κ3) is 5.26. The fourth-order valence-corrected chi connectivity index (χ4v) is 3.37. The topological polar surface area (TPSA) is 61.6 Å². The first-order chi connectivity index (χ1) is 13.8. The number of para-hydroxylation sites is 1. The van der Waals surface area contributed by atoms with E-state index in [2.05, 4.69) is 36.3 Å². The van der Waals surface area contributed by atoms with Crippen LogP contribution in [-0.2, 0) is 6.54 Å². The van der Waals surface area contributed by atoms with E-state index in [0.717, 1.165) is 49.3 Å². The molecule has 4 rings (SSSR count). The summed E-state index contributed by atoms with van der Waals surface area (Å²) in [6.45, 7) is 4.33. The van der Waals surface area contributed by atoms with Crippen molar-refractivity contribution in [3.8, 4) is 5.69 Å². The van der Waals surface area contributed by atoms with E-state index in [1.54, 1.807) is 0 Å². The third-order valence-electron chi connectivity index (χ3n) is 4.86. The van der Waals surface area contributed by atoms with Crippen LogP contribution in [0.3, 0.4) is 0 Å². The van der Waals surface area contributed by atoms with E-state index in [4.69, 9.17) is 0 Å². The number of hydrogen-bond acceptors (Lipinski definition) is 4. The maximum atomic E-state index is 4.65. The summed E-state index contributed by atoms with van der Waals surface area (Å²) in [4.78, 5) is 13.5. The van der Waals surface area contributed by atoms with Crippen molar-refractivity contribution < 1.29 is 0 Å². The molecular formula is C21H26IN7. The molecule has 1 N–H and O–H groups in total. The van der Waals surface area contributed by atoms with Crippen molar-refractivity contribution in [2.75, 3.05) is 38.1 Å². The standard InChI is InChI=1S/C21H25N7.HI/c1-22-21(27-15-13-26(14-16-27)20-9-5-6-11-23-20)24-17-18-10-12-28(25-18)19-7-3-2-4-8-19;/h2-12H,13-17H2,1H3,(H,22,24);1H. The number of aliphatic imine (C=N–C) groups is 1. The Labute approximate surface area is 188 Å². The predicted octanol–water partition coefficient (Wildman–Crippen LogP) is 2.78. The number of aromatic nitrogens is 3. The van der Waals surface area contributed by atoms with Crippen molar-refractivity contribution in [1.82, 2.24) is 25.0 Å². The molecule has 1 aliphatic rings. The van der Waals surface area contributed by atoms with E-state index in [0.29, 0.717) is 6.54 Å². The lowest BCUT2D eigenvalue weighted by molar-refractivity contribution is 0.371. The smallest absolute Gasteiger partial charge is 0.194 e. The van der Waals surface area contributed by atoms with E-state index in [1.165, 1.54) is 0 Å². The zero-order valence-electron chi connectivity index (χ0n) is 16.5. The average Bonchev–Trinajstić information content (AvgIpc) is 3.25. The van der Waals surface area contributed by atoms with Gasteiger partial charge in [0, 0.05) is 45.6 Å². The molecule has 0 bridgehead atoms. The summed E-state index contributed by atoms with van der Waals surface area (Å²) in [5.41, 5.74) is 2.04. The van der Waals surface area contributed by atoms with Crippen molar-refractivity contribution in [2.45, 2.75) is 6.54 Å². The Bertz CT molecular complexity index is 903. The summed E-state index contributed by atoms with van der Waals surface area (Å²) in [6.07, 6.45) is 3.83. The van der Waals surface area contributed by atoms with Crippen LogP contribution in [-0.4, -0.2) is 58.9 Å². The molecule has 0 radical (unpaired) electrons. The van der Waals surface area contributed by atoms with Gasteiger partial charge in [-0.05, 0) is 30.3 Å². The molecule has 0 atom stereocenters. The number of halogens is 1. The van der Waals surface area contributed by atoms with Crippen LogP contribution in [0, 0.1) is 0 Å². The minimum Gasteiger partial charge on any atom is -0.353 e. The number of nitrogens with zero attached hydrogens (tertiary/aromatic N) is 6. The molecule has 1 aromatic carbocycles. The molecule has 0 unspecified atom stereocenters. The zero-order chi connectivity index (χ0) is 19.2. The van der Waals surface area contributed by atoms with Crippen LogP contribution in [0.15, 0.2) is 72.0 Å². The number of piperazine rings is 1. The molecular weight excluding hydrogens is 477 g/mol. The van der Waals surface area contributed by atoms with Crippen LogP contribution in [0.25, 0.3) is 5.69 Å². The lowest BCUT2D eigenvalue weighted by Crippen LogP contribution is -2.52. The normalized spacial score (nSPS) is 14.4. The largest absolute Gasteiger partial charge is 0.353 e. The number of hydrogen-bond donors (Lipinski definition) is 1. The van der Waals surface area contributed by atoms with E-state index < -0.39 is 0 Å². The second kappa shape index (κ2) is 10.2. The first-order valence-corrected chi connectivity index (χ1v) is 9.55. The van der Waals surface area contributed by atoms with Crippen molar-refractivity contribution in [3.63, 3.8) is 0 Å². The van der Waals surface area contributed by atoms with Gasteiger partial charge in [-0.3, -0.25) is 4.99 Å². The number of pyridine rings is 1. The minimum atomic E-state index is 0. The number of rotatable bonds is 4. The second-order valence-electron chi connectivity index (χ2n) is 6.65. The SMILES string of the molecule is CN=C(NCc1ccn(-c2ccccc2)n1)N1CCN(c2ccccn2)CC1.I. The van der Waals surface area contributed by atoms with E-state index in [-0.39, 0.29) is 24.0 Å². The average molecular weight is 503 g/mol. The summed E-state index contributed by atoms with van der Waals surface area (Å²) < 4.78 is 1.89. The Morgan fingerprint density at radius 1 is 1.00 bits per heavy atom. The third-order valence-corrected chi connectivity index (χ3v) is 4.86. The van der Waals surface area contributed by atoms with Gasteiger partial charge < -0.3 is 15.1 Å². The molecule has 7 nitrogen and oxygen atoms in total. The number of anilines is 1. The summed E-state index contributed by atoms with van der Waals surface area (Å²) >= 11 is 0. The molecule has 152 valence electrons. The fraction of sp³-hybridized carbons (Fsp3) is 0.286. The molecule has 1 fully saturated rings. The number of guanidine groups is 1. The van der Waals surface area contributed by atoms with Gasteiger partial charge in [0.1, 0.15) is 5.82 Å². The summed E-state index contributed by atoms with van der Waals surface area (Å²) in [5.74, 6) is 1.95. The summed E-state index contributed by atoms with van der Waals surface area (Å²) in [6, 6.07) is 18.2. The second-order valence-corrected chi connectivity index (χ2v) is 6.65. The van der Waals surface area contributed by atoms with Crippen molar-refractivity contribution in [1.29, 1.82) is 0 Å². The lowest BCUT2D eigenvalue weighted by atomic mass is 10.3. The predicted molar refractivity (Wildman–Crippen MR) is 127 cm³/mol. The van der Waals surface area contributed by atoms with Gasteiger partial charge in [-0.15, -0.1) is 24.0 Å². The summed E-state index contributed by atoms with van der Waals surface area (Å²) in [5, 5.41) is 8.09. The Balaban J connectivity index is 0.00000240. The molecule has 29 heavy (non-hydrogen) atoms. The lowest BCUT2D eigenvalue weighted by Gasteiger charge is -2.37. The van der Waals surface area contributed by atoms with Gasteiger partial charge in [-0.1, -0.05) is 24.3 Å². The molecule has 0 saturated carbocycles. The van der Waals surface area contributed by atoms with E-state index >= 15 is 0 Å². The van der Waals surface area contributed by atoms with Crippen molar-refractivity contribution in [3.05, 3.63) is 72.7 Å². The van der Waals surface area contributed by atoms with Gasteiger partial charge in [0.15, 0.2) is 5.96 Å². The van der Waals surface area contributed by atoms with Gasteiger partial charge in [-0.25, -0.2) is 9.67 Å². The van der Waals surface area contributed by atoms with Crippen LogP contribution >= 0.6 is 24.0 Å². The first-order valence-electron chi connectivity index (χ1n) is 9.55. The Morgan fingerprint density at radius 2 is 1.76 bits per heavy atom. The summed E-state index contributed by atoms with van der Waals surface area (Å²) in [7, 11) is 1.83. The maximum absolute atomic E-state index is 4.65. The van der Waals surface area contributed by atoms with Crippen molar-refractivity contribution in [2.24, 2.45) is 4.99 Å². The maximum Gasteiger partial charge on any atom is 0.194 e. The molecule has 3 heterocycles. The van der Waals surface area contributed by atoms with Crippen molar-refractivity contribution >= 4 is 35.8 Å². The first kappa shape index (κ1) is 21.1. The fourth-order valence-electron chi connectivity index (χ4n) is 3.37. The number of nitrogens with one attached hydrogen (secondary N) is 1. The highest BCUT2D eigenvalue weighted by molar-refractivity contribution is 14.0. The van der Waals surface area contributed by atoms with Crippen LogP contribution in [0.2, 0.25) is 0 Å². The minimum absolute atomic E-state index is 0. The Hall–Kier alpha value is -2.62. The molecule has 3 aromatic rings. The van der Waals surface area contributed by atoms with E-state index in [1.807, 2.05) is 72.7 Å².